The van der Waals surface area contributed by atoms with Crippen LogP contribution in [0.1, 0.15) is 54.0 Å². The smallest absolute Gasteiger partial charge is 0.444 e. The predicted octanol–water partition coefficient (Wildman–Crippen LogP) is 4.66. The third kappa shape index (κ3) is 6.94. The lowest BCUT2D eigenvalue weighted by Crippen LogP contribution is -2.34. The summed E-state index contributed by atoms with van der Waals surface area (Å²) in [5, 5.41) is 2.52. The summed E-state index contributed by atoms with van der Waals surface area (Å²) in [4.78, 5) is 23.5. The number of amides is 1. The fraction of sp³-hybridized carbons (Fsp3) is 0.600. The van der Waals surface area contributed by atoms with Gasteiger partial charge in [0.25, 0.3) is 0 Å². The van der Waals surface area contributed by atoms with Crippen LogP contribution in [0, 0.1) is 5.92 Å². The van der Waals surface area contributed by atoms with Gasteiger partial charge in [0.2, 0.25) is 0 Å². The Morgan fingerprint density at radius 3 is 2.27 bits per heavy atom. The third-order valence-corrected chi connectivity index (χ3v) is 4.21. The van der Waals surface area contributed by atoms with Crippen LogP contribution >= 0.6 is 0 Å². The number of hydrogen-bond donors (Lipinski definition) is 1. The van der Waals surface area contributed by atoms with Crippen LogP contribution < -0.4 is 10.1 Å². The van der Waals surface area contributed by atoms with Gasteiger partial charge in [-0.2, -0.15) is 0 Å². The average molecular weight is 365 g/mol. The van der Waals surface area contributed by atoms with Crippen molar-refractivity contribution in [2.24, 2.45) is 5.92 Å². The Morgan fingerprint density at radius 2 is 1.69 bits per heavy atom. The van der Waals surface area contributed by atoms with Crippen molar-refractivity contribution in [2.75, 3.05) is 13.2 Å². The van der Waals surface area contributed by atoms with E-state index < -0.39 is 17.8 Å². The summed E-state index contributed by atoms with van der Waals surface area (Å²) in [7, 11) is 0. The minimum atomic E-state index is -0.803. The molecule has 0 unspecified atom stereocenters. The van der Waals surface area contributed by atoms with Gasteiger partial charge >= 0.3 is 12.2 Å². The lowest BCUT2D eigenvalue weighted by atomic mass is 9.75. The van der Waals surface area contributed by atoms with E-state index in [1.54, 1.807) is 26.8 Å². The topological polar surface area (TPSA) is 73.9 Å². The molecule has 0 atom stereocenters. The highest BCUT2D eigenvalue weighted by atomic mass is 16.7. The number of benzene rings is 1. The van der Waals surface area contributed by atoms with Crippen LogP contribution in [0.15, 0.2) is 24.3 Å². The van der Waals surface area contributed by atoms with Gasteiger partial charge in [0.05, 0.1) is 6.54 Å². The van der Waals surface area contributed by atoms with E-state index in [1.165, 1.54) is 0 Å². The van der Waals surface area contributed by atoms with Gasteiger partial charge in [-0.3, -0.25) is 0 Å². The molecule has 0 bridgehead atoms. The van der Waals surface area contributed by atoms with E-state index in [9.17, 15) is 9.59 Å². The second kappa shape index (κ2) is 8.92. The van der Waals surface area contributed by atoms with E-state index in [2.05, 4.69) is 33.0 Å². The molecule has 26 heavy (non-hydrogen) atoms. The van der Waals surface area contributed by atoms with Crippen molar-refractivity contribution in [3.63, 3.8) is 0 Å². The maximum absolute atomic E-state index is 11.9. The molecule has 0 saturated carbocycles. The minimum absolute atomic E-state index is 0.00613. The molecular formula is C20H31NO5. The van der Waals surface area contributed by atoms with Gasteiger partial charge in [-0.25, -0.2) is 9.59 Å². The Kier molecular flexibility index (Phi) is 7.48. The molecule has 0 fully saturated rings. The molecule has 0 aliphatic heterocycles. The molecule has 6 heteroatoms. The summed E-state index contributed by atoms with van der Waals surface area (Å²) in [6.45, 7) is 13.9. The van der Waals surface area contributed by atoms with Gasteiger partial charge in [0, 0.05) is 5.56 Å². The number of rotatable bonds is 6. The zero-order chi connectivity index (χ0) is 20.0. The van der Waals surface area contributed by atoms with Gasteiger partial charge < -0.3 is 19.5 Å². The summed E-state index contributed by atoms with van der Waals surface area (Å²) in [6, 6.07) is 7.43. The van der Waals surface area contributed by atoms with Crippen molar-refractivity contribution in [3.05, 3.63) is 29.8 Å². The molecule has 0 spiro atoms. The Hall–Kier alpha value is -2.24. The Bertz CT molecular complexity index is 617. The highest BCUT2D eigenvalue weighted by Crippen LogP contribution is 2.37. The van der Waals surface area contributed by atoms with Crippen LogP contribution in [-0.2, 0) is 14.9 Å². The number of nitrogens with one attached hydrogen (secondary N) is 1. The second-order valence-corrected chi connectivity index (χ2v) is 8.00. The molecule has 0 saturated heterocycles. The van der Waals surface area contributed by atoms with Crippen LogP contribution in [0.5, 0.6) is 5.75 Å². The first-order chi connectivity index (χ1) is 11.9. The molecule has 0 radical (unpaired) electrons. The lowest BCUT2D eigenvalue weighted by Gasteiger charge is -2.31. The monoisotopic (exact) mass is 365 g/mol. The third-order valence-electron chi connectivity index (χ3n) is 4.21. The van der Waals surface area contributed by atoms with Gasteiger partial charge in [-0.15, -0.1) is 0 Å². The molecule has 1 N–H and O–H groups in total. The fourth-order valence-electron chi connectivity index (χ4n) is 2.12. The Morgan fingerprint density at radius 1 is 1.08 bits per heavy atom. The molecule has 1 amide bonds. The lowest BCUT2D eigenvalue weighted by molar-refractivity contribution is 0.0499. The van der Waals surface area contributed by atoms with E-state index in [-0.39, 0.29) is 18.6 Å². The van der Waals surface area contributed by atoms with E-state index in [4.69, 9.17) is 14.2 Å². The summed E-state index contributed by atoms with van der Waals surface area (Å²) in [5.74, 6) is 0.845. The summed E-state index contributed by atoms with van der Waals surface area (Å²) >= 11 is 0. The molecule has 0 aliphatic rings. The molecule has 6 nitrogen and oxygen atoms in total. The maximum atomic E-state index is 11.9. The first-order valence-corrected chi connectivity index (χ1v) is 8.84. The predicted molar refractivity (Wildman–Crippen MR) is 101 cm³/mol. The van der Waals surface area contributed by atoms with Crippen LogP contribution in [-0.4, -0.2) is 31.0 Å². The minimum Gasteiger partial charge on any atom is -0.444 e. The number of hydrogen-bond acceptors (Lipinski definition) is 5. The summed E-state index contributed by atoms with van der Waals surface area (Å²) in [5.41, 5.74) is 0.213. The van der Waals surface area contributed by atoms with Gasteiger partial charge in [-0.05, 0) is 38.2 Å². The summed E-state index contributed by atoms with van der Waals surface area (Å²) in [6.07, 6.45) is -1.36. The van der Waals surface area contributed by atoms with Crippen LogP contribution in [0.4, 0.5) is 9.59 Å². The van der Waals surface area contributed by atoms with Crippen LogP contribution in [0.3, 0.4) is 0 Å². The molecule has 0 heterocycles. The van der Waals surface area contributed by atoms with Crippen molar-refractivity contribution in [3.8, 4) is 5.75 Å². The average Bonchev–Trinajstić information content (AvgIpc) is 2.50. The van der Waals surface area contributed by atoms with E-state index >= 15 is 0 Å². The Balaban J connectivity index is 2.54. The maximum Gasteiger partial charge on any atom is 0.513 e. The molecule has 1 aromatic carbocycles. The van der Waals surface area contributed by atoms with Crippen LogP contribution in [0.2, 0.25) is 0 Å². The molecule has 1 rings (SSSR count). The van der Waals surface area contributed by atoms with Gasteiger partial charge in [0.1, 0.15) is 18.0 Å². The van der Waals surface area contributed by atoms with Crippen LogP contribution in [0.25, 0.3) is 0 Å². The van der Waals surface area contributed by atoms with Crippen molar-refractivity contribution in [2.45, 2.75) is 59.5 Å². The number of carbonyl (C=O) groups is 2. The van der Waals surface area contributed by atoms with Crippen molar-refractivity contribution in [1.82, 2.24) is 5.32 Å². The Labute approximate surface area is 156 Å². The number of alkyl carbamates (subject to hydrolysis) is 1. The van der Waals surface area contributed by atoms with Crippen molar-refractivity contribution in [1.29, 1.82) is 0 Å². The SMILES string of the molecule is CC(C)C(C)(C)c1ccccc1OC(=O)OCCNC(=O)OC(C)(C)C. The number of para-hydroxylation sites is 1. The number of carbonyl (C=O) groups excluding carboxylic acids is 2. The molecule has 0 aliphatic carbocycles. The highest BCUT2D eigenvalue weighted by molar-refractivity contribution is 5.68. The quantitative estimate of drug-likeness (QED) is 0.451. The zero-order valence-corrected chi connectivity index (χ0v) is 16.8. The van der Waals surface area contributed by atoms with E-state index in [0.29, 0.717) is 11.7 Å². The second-order valence-electron chi connectivity index (χ2n) is 8.00. The first kappa shape index (κ1) is 21.8. The summed E-state index contributed by atoms with van der Waals surface area (Å²) < 4.78 is 15.5. The van der Waals surface area contributed by atoms with Gasteiger partial charge in [0.15, 0.2) is 0 Å². The fourth-order valence-corrected chi connectivity index (χ4v) is 2.12. The normalized spacial score (nSPS) is 11.8. The van der Waals surface area contributed by atoms with Gasteiger partial charge in [-0.1, -0.05) is 45.9 Å². The first-order valence-electron chi connectivity index (χ1n) is 8.84. The molecule has 1 aromatic rings. The van der Waals surface area contributed by atoms with Crippen molar-refractivity contribution >= 4 is 12.2 Å². The molecule has 146 valence electrons. The van der Waals surface area contributed by atoms with E-state index in [1.807, 2.05) is 18.2 Å². The highest BCUT2D eigenvalue weighted by Gasteiger charge is 2.28. The molecule has 0 aromatic heterocycles. The van der Waals surface area contributed by atoms with E-state index in [0.717, 1.165) is 5.56 Å². The zero-order valence-electron chi connectivity index (χ0n) is 16.8. The standard InChI is InChI=1S/C20H31NO5/c1-14(2)20(6,7)15-10-8-9-11-16(15)25-18(23)24-13-12-21-17(22)26-19(3,4)5/h8-11,14H,12-13H2,1-7H3,(H,21,22). The molecular weight excluding hydrogens is 334 g/mol. The van der Waals surface area contributed by atoms with Crippen molar-refractivity contribution < 1.29 is 23.8 Å². The largest absolute Gasteiger partial charge is 0.513 e. The number of ether oxygens (including phenoxy) is 3.